The first-order valence-corrected chi connectivity index (χ1v) is 15.3. The van der Waals surface area contributed by atoms with Crippen LogP contribution in [0.2, 0.25) is 10.0 Å². The molecule has 2 atom stereocenters. The van der Waals surface area contributed by atoms with Gasteiger partial charge in [0.1, 0.15) is 6.42 Å². The van der Waals surface area contributed by atoms with Crippen molar-refractivity contribution in [3.63, 3.8) is 0 Å². The number of methoxy groups -OCH3 is 2. The average Bonchev–Trinajstić information content (AvgIpc) is 3.55. The average molecular weight is 648 g/mol. The van der Waals surface area contributed by atoms with Crippen LogP contribution in [0.5, 0.6) is 11.5 Å². The fraction of sp³-hybridized carbons (Fsp3) is 0.367. The molecule has 1 aliphatic heterocycles. The third-order valence-electron chi connectivity index (χ3n) is 7.38. The summed E-state index contributed by atoms with van der Waals surface area (Å²) in [4.78, 5) is 46.9. The van der Waals surface area contributed by atoms with Crippen LogP contribution >= 0.6 is 35.0 Å². The number of hydrogen-bond acceptors (Lipinski definition) is 9. The normalized spacial score (nSPS) is 15.9. The van der Waals surface area contributed by atoms with Crippen molar-refractivity contribution in [1.82, 2.24) is 20.6 Å². The van der Waals surface area contributed by atoms with Gasteiger partial charge in [-0.2, -0.15) is 0 Å². The second kappa shape index (κ2) is 14.9. The number of hydrogen-bond donors (Lipinski definition) is 3. The van der Waals surface area contributed by atoms with Crippen LogP contribution in [0.4, 0.5) is 0 Å². The molecule has 0 bridgehead atoms. The molecule has 0 aliphatic carbocycles. The summed E-state index contributed by atoms with van der Waals surface area (Å²) in [6.45, 7) is 0.643. The van der Waals surface area contributed by atoms with Gasteiger partial charge in [0, 0.05) is 30.5 Å². The van der Waals surface area contributed by atoms with Gasteiger partial charge in [-0.15, -0.1) is 0 Å². The highest BCUT2D eigenvalue weighted by Crippen LogP contribution is 2.36. The molecule has 1 unspecified atom stereocenters. The summed E-state index contributed by atoms with van der Waals surface area (Å²) >= 11 is 13.5. The molecule has 4 rings (SSSR count). The molecule has 0 saturated carbocycles. The van der Waals surface area contributed by atoms with Gasteiger partial charge in [-0.3, -0.25) is 14.4 Å². The summed E-state index contributed by atoms with van der Waals surface area (Å²) in [5, 5.41) is 16.8. The molecular weight excluding hydrogens is 615 g/mol. The van der Waals surface area contributed by atoms with Crippen molar-refractivity contribution in [3.05, 3.63) is 64.4 Å². The van der Waals surface area contributed by atoms with Crippen LogP contribution in [0.25, 0.3) is 11.1 Å². The van der Waals surface area contributed by atoms with E-state index in [0.717, 1.165) is 29.3 Å². The van der Waals surface area contributed by atoms with Crippen molar-refractivity contribution in [2.45, 2.75) is 36.9 Å². The summed E-state index contributed by atoms with van der Waals surface area (Å²) in [5.41, 5.74) is 1.12. The van der Waals surface area contributed by atoms with E-state index < -0.39 is 23.6 Å². The predicted molar refractivity (Wildman–Crippen MR) is 165 cm³/mol. The first-order chi connectivity index (χ1) is 20.6. The van der Waals surface area contributed by atoms with E-state index in [4.69, 9.17) is 32.7 Å². The van der Waals surface area contributed by atoms with Crippen molar-refractivity contribution in [2.24, 2.45) is 5.41 Å². The minimum absolute atomic E-state index is 0.00374. The van der Waals surface area contributed by atoms with E-state index in [1.807, 2.05) is 12.1 Å². The lowest BCUT2D eigenvalue weighted by atomic mass is 9.70. The number of nitrogens with one attached hydrogen (secondary N) is 2. The van der Waals surface area contributed by atoms with Crippen molar-refractivity contribution in [2.75, 3.05) is 33.1 Å². The number of carbonyl (C=O) groups excluding carboxylic acids is 2. The van der Waals surface area contributed by atoms with Crippen molar-refractivity contribution in [1.29, 1.82) is 0 Å². The number of carboxylic acid groups (broad SMARTS) is 1. The minimum Gasteiger partial charge on any atom is -0.493 e. The van der Waals surface area contributed by atoms with Crippen LogP contribution in [0, 0.1) is 5.41 Å². The Balaban J connectivity index is 1.46. The minimum atomic E-state index is -1.22. The molecule has 43 heavy (non-hydrogen) atoms. The molecule has 1 aliphatic rings. The van der Waals surface area contributed by atoms with E-state index in [1.165, 1.54) is 0 Å². The van der Waals surface area contributed by atoms with Crippen molar-refractivity contribution >= 4 is 52.6 Å². The Hall–Kier alpha value is -3.38. The number of Topliss-reactive ketones (excluding diaryl/α,β-unsaturated/α-hetero) is 1. The van der Waals surface area contributed by atoms with Crippen LogP contribution in [-0.2, 0) is 20.8 Å². The Bertz CT molecular complexity index is 1470. The van der Waals surface area contributed by atoms with Gasteiger partial charge in [0.25, 0.3) is 0 Å². The second-order valence-corrected chi connectivity index (χ2v) is 11.9. The van der Waals surface area contributed by atoms with Gasteiger partial charge in [-0.25, -0.2) is 9.97 Å². The number of nitrogens with zero attached hydrogens (tertiary/aromatic N) is 2. The highest BCUT2D eigenvalue weighted by atomic mass is 35.5. The Morgan fingerprint density at radius 3 is 2.42 bits per heavy atom. The summed E-state index contributed by atoms with van der Waals surface area (Å²) in [6.07, 6.45) is 4.33. The molecule has 10 nitrogen and oxygen atoms in total. The van der Waals surface area contributed by atoms with Gasteiger partial charge >= 0.3 is 5.97 Å². The standard InChI is InChI=1S/C30H32Cl2N4O6S/c1-41-23-8-6-19(11-24(23)42-2)20-14-34-29(35-15-20)43-16-27(38)36-17-30(25-4-3-9-33-25,26(37)12-28(39)40)13-18-5-7-21(31)22(32)10-18/h5-8,10-11,14-15,25,33H,3-4,9,12-13,16-17H2,1-2H3,(H,36,38)(H,39,40)/t25?,30-/m1/s1. The zero-order chi connectivity index (χ0) is 31.0. The molecule has 1 fully saturated rings. The zero-order valence-corrected chi connectivity index (χ0v) is 26.0. The maximum Gasteiger partial charge on any atom is 0.310 e. The number of aromatic nitrogens is 2. The van der Waals surface area contributed by atoms with E-state index in [1.54, 1.807) is 50.9 Å². The summed E-state index contributed by atoms with van der Waals surface area (Å²) in [5.74, 6) is -0.828. The monoisotopic (exact) mass is 646 g/mol. The molecule has 13 heteroatoms. The first-order valence-electron chi connectivity index (χ1n) is 13.5. The molecule has 3 N–H and O–H groups in total. The molecule has 1 saturated heterocycles. The molecule has 2 aromatic carbocycles. The smallest absolute Gasteiger partial charge is 0.310 e. The van der Waals surface area contributed by atoms with Crippen molar-refractivity contribution < 1.29 is 29.0 Å². The highest BCUT2D eigenvalue weighted by Gasteiger charge is 2.47. The number of amides is 1. The molecule has 0 spiro atoms. The maximum atomic E-state index is 13.6. The number of rotatable bonds is 14. The number of thioether (sulfide) groups is 1. The van der Waals surface area contributed by atoms with Gasteiger partial charge in [0.2, 0.25) is 5.91 Å². The summed E-state index contributed by atoms with van der Waals surface area (Å²) < 4.78 is 10.6. The molecule has 2 heterocycles. The molecule has 3 aromatic rings. The molecule has 1 amide bonds. The Kier molecular flexibility index (Phi) is 11.3. The van der Waals surface area contributed by atoms with Gasteiger partial charge < -0.3 is 25.2 Å². The van der Waals surface area contributed by atoms with E-state index in [-0.39, 0.29) is 30.7 Å². The van der Waals surface area contributed by atoms with Crippen LogP contribution in [0.1, 0.15) is 24.8 Å². The number of ketones is 1. The zero-order valence-electron chi connectivity index (χ0n) is 23.7. The lowest BCUT2D eigenvalue weighted by Gasteiger charge is -2.38. The number of carbonyl (C=O) groups is 3. The third-order valence-corrected chi connectivity index (χ3v) is 8.99. The summed E-state index contributed by atoms with van der Waals surface area (Å²) in [7, 11) is 3.13. The number of halogens is 2. The molecule has 0 radical (unpaired) electrons. The predicted octanol–water partition coefficient (Wildman–Crippen LogP) is 4.70. The topological polar surface area (TPSA) is 140 Å². The molecule has 1 aromatic heterocycles. The Labute approximate surface area is 263 Å². The number of benzene rings is 2. The summed E-state index contributed by atoms with van der Waals surface area (Å²) in [6, 6.07) is 10.2. The van der Waals surface area contributed by atoms with Crippen LogP contribution < -0.4 is 20.1 Å². The molecule has 228 valence electrons. The van der Waals surface area contributed by atoms with Crippen LogP contribution in [0.15, 0.2) is 53.9 Å². The molecular formula is C30H32Cl2N4O6S. The Morgan fingerprint density at radius 1 is 1.05 bits per heavy atom. The van der Waals surface area contributed by atoms with Crippen molar-refractivity contribution in [3.8, 4) is 22.6 Å². The highest BCUT2D eigenvalue weighted by molar-refractivity contribution is 7.99. The van der Waals surface area contributed by atoms with Gasteiger partial charge in [0.05, 0.1) is 35.4 Å². The maximum absolute atomic E-state index is 13.6. The quantitative estimate of drug-likeness (QED) is 0.128. The van der Waals surface area contributed by atoms with E-state index in [9.17, 15) is 19.5 Å². The largest absolute Gasteiger partial charge is 0.493 e. The SMILES string of the molecule is COc1ccc(-c2cnc(SCC(=O)NC[C@@](Cc3ccc(Cl)c(Cl)c3)(C(=O)CC(=O)O)C3CCCN3)nc2)cc1OC. The van der Waals surface area contributed by atoms with E-state index in [0.29, 0.717) is 45.2 Å². The fourth-order valence-electron chi connectivity index (χ4n) is 5.18. The fourth-order valence-corrected chi connectivity index (χ4v) is 6.11. The number of carboxylic acids is 1. The lowest BCUT2D eigenvalue weighted by Crippen LogP contribution is -2.56. The van der Waals surface area contributed by atoms with Crippen LogP contribution in [0.3, 0.4) is 0 Å². The van der Waals surface area contributed by atoms with Gasteiger partial charge in [-0.1, -0.05) is 47.1 Å². The number of ether oxygens (including phenoxy) is 2. The number of aliphatic carboxylic acids is 1. The Morgan fingerprint density at radius 2 is 1.79 bits per heavy atom. The third kappa shape index (κ3) is 8.17. The lowest BCUT2D eigenvalue weighted by molar-refractivity contribution is -0.143. The van der Waals surface area contributed by atoms with E-state index >= 15 is 0 Å². The van der Waals surface area contributed by atoms with Crippen LogP contribution in [-0.4, -0.2) is 71.8 Å². The van der Waals surface area contributed by atoms with Gasteiger partial charge in [0.15, 0.2) is 22.4 Å². The first kappa shape index (κ1) is 32.5. The second-order valence-electron chi connectivity index (χ2n) is 10.1. The van der Waals surface area contributed by atoms with E-state index in [2.05, 4.69) is 20.6 Å². The van der Waals surface area contributed by atoms with Gasteiger partial charge in [-0.05, 0) is 61.2 Å².